The summed E-state index contributed by atoms with van der Waals surface area (Å²) in [5.41, 5.74) is 5.54. The highest BCUT2D eigenvalue weighted by Gasteiger charge is 2.12. The molecule has 0 N–H and O–H groups in total. The molecule has 1 aliphatic carbocycles. The molecule has 0 saturated carbocycles. The van der Waals surface area contributed by atoms with Crippen molar-refractivity contribution in [3.05, 3.63) is 89.0 Å². The van der Waals surface area contributed by atoms with E-state index in [9.17, 15) is 0 Å². The maximum absolute atomic E-state index is 2.40. The molecule has 25 heavy (non-hydrogen) atoms. The van der Waals surface area contributed by atoms with Gasteiger partial charge in [-0.05, 0) is 99.1 Å². The minimum absolute atomic E-state index is 1.01. The lowest BCUT2D eigenvalue weighted by Crippen LogP contribution is -1.93. The van der Waals surface area contributed by atoms with Gasteiger partial charge in [0.15, 0.2) is 0 Å². The van der Waals surface area contributed by atoms with Crippen LogP contribution in [0.5, 0.6) is 0 Å². The molecule has 0 nitrogen and oxygen atoms in total. The molecule has 0 heteroatoms. The van der Waals surface area contributed by atoms with Crippen LogP contribution < -0.4 is 0 Å². The predicted molar refractivity (Wildman–Crippen MR) is 110 cm³/mol. The van der Waals surface area contributed by atoms with Gasteiger partial charge in [-0.2, -0.15) is 0 Å². The van der Waals surface area contributed by atoms with Crippen LogP contribution in [0.2, 0.25) is 0 Å². The Bertz CT molecular complexity index is 1220. The maximum atomic E-state index is 2.40. The van der Waals surface area contributed by atoms with Crippen molar-refractivity contribution in [2.45, 2.75) is 20.3 Å². The summed E-state index contributed by atoms with van der Waals surface area (Å²) >= 11 is 0. The molecule has 0 aliphatic heterocycles. The van der Waals surface area contributed by atoms with Gasteiger partial charge in [0.25, 0.3) is 0 Å². The van der Waals surface area contributed by atoms with Gasteiger partial charge < -0.3 is 0 Å². The Morgan fingerprint density at radius 2 is 1.28 bits per heavy atom. The van der Waals surface area contributed by atoms with Crippen LogP contribution in [0.15, 0.2) is 66.8 Å². The molecule has 1 aliphatic rings. The highest BCUT2D eigenvalue weighted by Crippen LogP contribution is 2.36. The highest BCUT2D eigenvalue weighted by atomic mass is 14.2. The lowest BCUT2D eigenvalue weighted by atomic mass is 9.88. The SMILES string of the molecule is Cc1c2cc3c(cc2c(C)c2cc4ccccc4cc12)CC=CC=C3. The van der Waals surface area contributed by atoms with Gasteiger partial charge in [-0.25, -0.2) is 0 Å². The van der Waals surface area contributed by atoms with Crippen molar-refractivity contribution >= 4 is 38.4 Å². The van der Waals surface area contributed by atoms with Crippen molar-refractivity contribution in [2.75, 3.05) is 0 Å². The number of hydrogen-bond donors (Lipinski definition) is 0. The average molecular weight is 320 g/mol. The van der Waals surface area contributed by atoms with Crippen LogP contribution in [0.25, 0.3) is 38.4 Å². The van der Waals surface area contributed by atoms with Gasteiger partial charge in [0, 0.05) is 0 Å². The van der Waals surface area contributed by atoms with Crippen molar-refractivity contribution in [1.29, 1.82) is 0 Å². The van der Waals surface area contributed by atoms with E-state index in [4.69, 9.17) is 0 Å². The van der Waals surface area contributed by atoms with Crippen molar-refractivity contribution < 1.29 is 0 Å². The fourth-order valence-corrected chi connectivity index (χ4v) is 4.20. The van der Waals surface area contributed by atoms with Crippen molar-refractivity contribution in [1.82, 2.24) is 0 Å². The van der Waals surface area contributed by atoms with E-state index in [0.29, 0.717) is 0 Å². The minimum atomic E-state index is 1.01. The first-order chi connectivity index (χ1) is 12.2. The highest BCUT2D eigenvalue weighted by molar-refractivity contribution is 6.10. The maximum Gasteiger partial charge on any atom is -0.00882 e. The summed E-state index contributed by atoms with van der Waals surface area (Å²) < 4.78 is 0. The zero-order valence-corrected chi connectivity index (χ0v) is 14.6. The molecule has 4 aromatic rings. The van der Waals surface area contributed by atoms with Gasteiger partial charge in [-0.15, -0.1) is 0 Å². The van der Waals surface area contributed by atoms with Crippen LogP contribution in [-0.4, -0.2) is 0 Å². The van der Waals surface area contributed by atoms with E-state index in [0.717, 1.165) is 6.42 Å². The number of rotatable bonds is 0. The first-order valence-electron chi connectivity index (χ1n) is 8.94. The number of aryl methyl sites for hydroxylation is 2. The minimum Gasteiger partial charge on any atom is -0.0801 e. The molecule has 0 saturated heterocycles. The summed E-state index contributed by atoms with van der Waals surface area (Å²) in [6.45, 7) is 4.54. The molecule has 0 amide bonds. The zero-order chi connectivity index (χ0) is 17.0. The Morgan fingerprint density at radius 3 is 1.96 bits per heavy atom. The second kappa shape index (κ2) is 5.32. The molecule has 0 unspecified atom stereocenters. The van der Waals surface area contributed by atoms with Gasteiger partial charge in [0.05, 0.1) is 0 Å². The number of fused-ring (bicyclic) bond motifs is 4. The third-order valence-electron chi connectivity index (χ3n) is 5.64. The molecule has 4 aromatic carbocycles. The second-order valence-electron chi connectivity index (χ2n) is 7.08. The Kier molecular flexibility index (Phi) is 3.08. The monoisotopic (exact) mass is 320 g/mol. The molecular weight excluding hydrogens is 300 g/mol. The van der Waals surface area contributed by atoms with Crippen LogP contribution in [0.1, 0.15) is 22.3 Å². The largest absolute Gasteiger partial charge is 0.0801 e. The Hall–Kier alpha value is -2.86. The third-order valence-corrected chi connectivity index (χ3v) is 5.64. The van der Waals surface area contributed by atoms with E-state index >= 15 is 0 Å². The number of hydrogen-bond acceptors (Lipinski definition) is 0. The molecule has 0 aromatic heterocycles. The lowest BCUT2D eigenvalue weighted by Gasteiger charge is -2.16. The van der Waals surface area contributed by atoms with Crippen LogP contribution in [0.4, 0.5) is 0 Å². The van der Waals surface area contributed by atoms with Gasteiger partial charge in [-0.3, -0.25) is 0 Å². The van der Waals surface area contributed by atoms with E-state index in [1.807, 2.05) is 0 Å². The third kappa shape index (κ3) is 2.14. The van der Waals surface area contributed by atoms with Crippen LogP contribution in [0.3, 0.4) is 0 Å². The van der Waals surface area contributed by atoms with E-state index < -0.39 is 0 Å². The lowest BCUT2D eigenvalue weighted by molar-refractivity contribution is 1.27. The van der Waals surface area contributed by atoms with Gasteiger partial charge in [0.1, 0.15) is 0 Å². The van der Waals surface area contributed by atoms with E-state index in [1.165, 1.54) is 54.6 Å². The average Bonchev–Trinajstić information content (AvgIpc) is 2.88. The summed E-state index contributed by atoms with van der Waals surface area (Å²) in [7, 11) is 0. The standard InChI is InChI=1S/C25H20/c1-16-22-12-18-8-4-3-5-9-19(18)13-23(22)17(2)25-15-21-11-7-6-10-20(21)14-24(16)25/h3-8,10-15H,9H2,1-2H3. The molecule has 0 bridgehead atoms. The van der Waals surface area contributed by atoms with Gasteiger partial charge in [-0.1, -0.05) is 48.6 Å². The number of allylic oxidation sites excluding steroid dienone is 3. The molecule has 0 spiro atoms. The Morgan fingerprint density at radius 1 is 0.680 bits per heavy atom. The topological polar surface area (TPSA) is 0 Å². The first kappa shape index (κ1) is 14.5. The van der Waals surface area contributed by atoms with Crippen LogP contribution in [-0.2, 0) is 6.42 Å². The molecular formula is C25H20. The molecule has 0 atom stereocenters. The fraction of sp³-hybridized carbons (Fsp3) is 0.120. The zero-order valence-electron chi connectivity index (χ0n) is 14.6. The molecule has 0 heterocycles. The summed E-state index contributed by atoms with van der Waals surface area (Å²) in [5, 5.41) is 8.16. The summed E-state index contributed by atoms with van der Waals surface area (Å²) in [5.74, 6) is 0. The molecule has 0 radical (unpaired) electrons. The predicted octanol–water partition coefficient (Wildman–Crippen LogP) is 6.89. The quantitative estimate of drug-likeness (QED) is 0.309. The van der Waals surface area contributed by atoms with E-state index in [1.54, 1.807) is 0 Å². The molecule has 0 fully saturated rings. The summed E-state index contributed by atoms with van der Waals surface area (Å²) in [6.07, 6.45) is 9.77. The van der Waals surface area contributed by atoms with Crippen molar-refractivity contribution in [3.63, 3.8) is 0 Å². The Balaban J connectivity index is 1.95. The Labute approximate surface area is 148 Å². The first-order valence-corrected chi connectivity index (χ1v) is 8.94. The molecule has 120 valence electrons. The van der Waals surface area contributed by atoms with Crippen molar-refractivity contribution in [2.24, 2.45) is 0 Å². The van der Waals surface area contributed by atoms with E-state index in [-0.39, 0.29) is 0 Å². The smallest absolute Gasteiger partial charge is 0.00882 e. The molecule has 5 rings (SSSR count). The van der Waals surface area contributed by atoms with Crippen LogP contribution in [0, 0.1) is 13.8 Å². The van der Waals surface area contributed by atoms with Gasteiger partial charge in [0.2, 0.25) is 0 Å². The normalized spacial score (nSPS) is 13.5. The van der Waals surface area contributed by atoms with Gasteiger partial charge >= 0.3 is 0 Å². The van der Waals surface area contributed by atoms with Crippen LogP contribution >= 0.6 is 0 Å². The number of benzene rings is 4. The second-order valence-corrected chi connectivity index (χ2v) is 7.08. The van der Waals surface area contributed by atoms with Crippen molar-refractivity contribution in [3.8, 4) is 0 Å². The fourth-order valence-electron chi connectivity index (χ4n) is 4.20. The summed E-state index contributed by atoms with van der Waals surface area (Å²) in [6, 6.07) is 18.2. The summed E-state index contributed by atoms with van der Waals surface area (Å²) in [4.78, 5) is 0. The van der Waals surface area contributed by atoms with E-state index in [2.05, 4.69) is 86.7 Å².